The summed E-state index contributed by atoms with van der Waals surface area (Å²) in [5.41, 5.74) is 1.21. The van der Waals surface area contributed by atoms with Crippen molar-refractivity contribution in [2.24, 2.45) is 0 Å². The number of aliphatic hydroxyl groups excluding tert-OH is 1. The SMILES string of the molecule is COC(=O)C1=C(Nc2cc3c(cc2N2CCCCC2=O)OCO3)C(=O)N(CCO)C1. The Balaban J connectivity index is 1.74. The van der Waals surface area contributed by atoms with Crippen LogP contribution < -0.4 is 19.7 Å². The average Bonchev–Trinajstić information content (AvgIpc) is 3.33. The fourth-order valence-corrected chi connectivity index (χ4v) is 3.80. The van der Waals surface area contributed by atoms with Gasteiger partial charge in [-0.15, -0.1) is 0 Å². The van der Waals surface area contributed by atoms with Crippen molar-refractivity contribution in [3.05, 3.63) is 23.4 Å². The van der Waals surface area contributed by atoms with Crippen LogP contribution in [0.2, 0.25) is 0 Å². The Morgan fingerprint density at radius 2 is 2.00 bits per heavy atom. The molecule has 4 rings (SSSR count). The molecule has 0 aromatic heterocycles. The summed E-state index contributed by atoms with van der Waals surface area (Å²) in [4.78, 5) is 40.7. The first-order valence-electron chi connectivity index (χ1n) is 9.76. The number of β-amino-alcohol motifs (C(OH)–C–C–N with tert-alkyl or cyclic N) is 1. The topological polar surface area (TPSA) is 118 Å². The summed E-state index contributed by atoms with van der Waals surface area (Å²) in [6.07, 6.45) is 2.13. The van der Waals surface area contributed by atoms with Crippen molar-refractivity contribution in [1.82, 2.24) is 4.90 Å². The first kappa shape index (κ1) is 20.0. The zero-order valence-electron chi connectivity index (χ0n) is 16.6. The Morgan fingerprint density at radius 1 is 1.23 bits per heavy atom. The van der Waals surface area contributed by atoms with Gasteiger partial charge in [-0.25, -0.2) is 4.79 Å². The van der Waals surface area contributed by atoms with Gasteiger partial charge in [-0.3, -0.25) is 9.59 Å². The number of rotatable bonds is 6. The largest absolute Gasteiger partial charge is 0.466 e. The first-order chi connectivity index (χ1) is 14.5. The van der Waals surface area contributed by atoms with Gasteiger partial charge in [0.2, 0.25) is 12.7 Å². The highest BCUT2D eigenvalue weighted by Crippen LogP contribution is 2.43. The molecular formula is C20H23N3O7. The number of carbonyl (C=O) groups is 3. The predicted octanol–water partition coefficient (Wildman–Crippen LogP) is 0.606. The Bertz CT molecular complexity index is 927. The van der Waals surface area contributed by atoms with Crippen molar-refractivity contribution < 1.29 is 33.7 Å². The van der Waals surface area contributed by atoms with Crippen LogP contribution in [0.3, 0.4) is 0 Å². The standard InChI is InChI=1S/C20H23N3O7/c1-28-20(27)12-10-22(6-7-24)19(26)18(12)21-13-8-15-16(30-11-29-15)9-14(13)23-5-3-2-4-17(23)25/h8-9,21,24H,2-7,10-11H2,1H3. The van der Waals surface area contributed by atoms with Crippen molar-refractivity contribution >= 4 is 29.2 Å². The molecule has 3 aliphatic rings. The molecule has 0 bridgehead atoms. The molecule has 2 amide bonds. The van der Waals surface area contributed by atoms with E-state index in [1.807, 2.05) is 0 Å². The second-order valence-corrected chi connectivity index (χ2v) is 7.15. The van der Waals surface area contributed by atoms with Crippen LogP contribution in [0, 0.1) is 0 Å². The number of nitrogens with one attached hydrogen (secondary N) is 1. The van der Waals surface area contributed by atoms with Crippen LogP contribution in [0.5, 0.6) is 11.5 Å². The second kappa shape index (κ2) is 8.23. The second-order valence-electron chi connectivity index (χ2n) is 7.15. The minimum Gasteiger partial charge on any atom is -0.466 e. The number of carbonyl (C=O) groups excluding carboxylic acids is 3. The minimum atomic E-state index is -0.636. The maximum atomic E-state index is 12.9. The van der Waals surface area contributed by atoms with Crippen LogP contribution in [-0.2, 0) is 19.1 Å². The predicted molar refractivity (Wildman–Crippen MR) is 105 cm³/mol. The van der Waals surface area contributed by atoms with E-state index in [1.165, 1.54) is 12.0 Å². The number of hydrogen-bond acceptors (Lipinski definition) is 8. The van der Waals surface area contributed by atoms with Gasteiger partial charge < -0.3 is 34.4 Å². The van der Waals surface area contributed by atoms with Gasteiger partial charge in [0, 0.05) is 31.6 Å². The number of methoxy groups -OCH3 is 1. The summed E-state index contributed by atoms with van der Waals surface area (Å²) in [5.74, 6) is -0.106. The number of piperidine rings is 1. The van der Waals surface area contributed by atoms with Crippen molar-refractivity contribution in [2.45, 2.75) is 19.3 Å². The summed E-state index contributed by atoms with van der Waals surface area (Å²) in [6, 6.07) is 3.36. The maximum Gasteiger partial charge on any atom is 0.337 e. The zero-order valence-corrected chi connectivity index (χ0v) is 16.6. The molecule has 0 saturated carbocycles. The molecule has 1 fully saturated rings. The fourth-order valence-electron chi connectivity index (χ4n) is 3.80. The molecule has 160 valence electrons. The third-order valence-electron chi connectivity index (χ3n) is 5.32. The molecule has 1 aromatic carbocycles. The molecule has 0 unspecified atom stereocenters. The molecule has 0 spiro atoms. The van der Waals surface area contributed by atoms with Crippen LogP contribution in [0.1, 0.15) is 19.3 Å². The van der Waals surface area contributed by atoms with Gasteiger partial charge >= 0.3 is 5.97 Å². The van der Waals surface area contributed by atoms with Crippen molar-refractivity contribution in [3.8, 4) is 11.5 Å². The smallest absolute Gasteiger partial charge is 0.337 e. The number of ether oxygens (including phenoxy) is 3. The molecule has 10 nitrogen and oxygen atoms in total. The third-order valence-corrected chi connectivity index (χ3v) is 5.32. The van der Waals surface area contributed by atoms with Gasteiger partial charge in [-0.05, 0) is 12.8 Å². The molecule has 2 N–H and O–H groups in total. The first-order valence-corrected chi connectivity index (χ1v) is 9.76. The molecule has 0 radical (unpaired) electrons. The molecular weight excluding hydrogens is 394 g/mol. The summed E-state index contributed by atoms with van der Waals surface area (Å²) in [7, 11) is 1.24. The monoisotopic (exact) mass is 417 g/mol. The number of esters is 1. The molecule has 3 aliphatic heterocycles. The van der Waals surface area contributed by atoms with E-state index in [2.05, 4.69) is 5.32 Å². The summed E-state index contributed by atoms with van der Waals surface area (Å²) >= 11 is 0. The lowest BCUT2D eigenvalue weighted by Gasteiger charge is -2.29. The van der Waals surface area contributed by atoms with E-state index in [-0.39, 0.29) is 43.7 Å². The molecule has 30 heavy (non-hydrogen) atoms. The molecule has 3 heterocycles. The average molecular weight is 417 g/mol. The quantitative estimate of drug-likeness (QED) is 0.647. The minimum absolute atomic E-state index is 0.0232. The highest BCUT2D eigenvalue weighted by atomic mass is 16.7. The number of benzene rings is 1. The van der Waals surface area contributed by atoms with E-state index in [1.54, 1.807) is 17.0 Å². The van der Waals surface area contributed by atoms with Gasteiger partial charge in [-0.2, -0.15) is 0 Å². The number of fused-ring (bicyclic) bond motifs is 1. The lowest BCUT2D eigenvalue weighted by atomic mass is 10.1. The van der Waals surface area contributed by atoms with E-state index >= 15 is 0 Å². The Labute approximate surface area is 173 Å². The lowest BCUT2D eigenvalue weighted by Crippen LogP contribution is -2.36. The van der Waals surface area contributed by atoms with Crippen LogP contribution in [0.4, 0.5) is 11.4 Å². The molecule has 0 atom stereocenters. The highest BCUT2D eigenvalue weighted by Gasteiger charge is 2.36. The zero-order chi connectivity index (χ0) is 21.3. The number of aliphatic hydroxyl groups is 1. The van der Waals surface area contributed by atoms with E-state index < -0.39 is 11.9 Å². The number of hydrogen-bond donors (Lipinski definition) is 2. The Kier molecular flexibility index (Phi) is 5.49. The van der Waals surface area contributed by atoms with Gasteiger partial charge in [0.05, 0.1) is 37.2 Å². The van der Waals surface area contributed by atoms with E-state index in [0.717, 1.165) is 12.8 Å². The summed E-state index contributed by atoms with van der Waals surface area (Å²) in [5, 5.41) is 12.3. The third kappa shape index (κ3) is 3.54. The Hall–Kier alpha value is -3.27. The molecule has 10 heteroatoms. The van der Waals surface area contributed by atoms with E-state index in [0.29, 0.717) is 35.8 Å². The van der Waals surface area contributed by atoms with E-state index in [9.17, 15) is 19.5 Å². The molecule has 0 aliphatic carbocycles. The summed E-state index contributed by atoms with van der Waals surface area (Å²) in [6.45, 7) is 0.483. The van der Waals surface area contributed by atoms with Gasteiger partial charge in [0.1, 0.15) is 5.70 Å². The number of nitrogens with zero attached hydrogens (tertiary/aromatic N) is 2. The number of amides is 2. The summed E-state index contributed by atoms with van der Waals surface area (Å²) < 4.78 is 15.7. The molecule has 1 saturated heterocycles. The highest BCUT2D eigenvalue weighted by molar-refractivity contribution is 6.09. The van der Waals surface area contributed by atoms with Crippen molar-refractivity contribution in [3.63, 3.8) is 0 Å². The lowest BCUT2D eigenvalue weighted by molar-refractivity contribution is -0.136. The van der Waals surface area contributed by atoms with Gasteiger partial charge in [-0.1, -0.05) is 0 Å². The van der Waals surface area contributed by atoms with Crippen LogP contribution in [0.15, 0.2) is 23.4 Å². The normalized spacial score (nSPS) is 18.3. The molecule has 1 aromatic rings. The van der Waals surface area contributed by atoms with E-state index in [4.69, 9.17) is 14.2 Å². The van der Waals surface area contributed by atoms with Crippen molar-refractivity contribution in [2.75, 3.05) is 50.4 Å². The van der Waals surface area contributed by atoms with Gasteiger partial charge in [0.15, 0.2) is 11.5 Å². The van der Waals surface area contributed by atoms with Crippen LogP contribution in [-0.4, -0.2) is 67.9 Å². The van der Waals surface area contributed by atoms with Gasteiger partial charge in [0.25, 0.3) is 5.91 Å². The van der Waals surface area contributed by atoms with Crippen LogP contribution in [0.25, 0.3) is 0 Å². The maximum absolute atomic E-state index is 12.9. The van der Waals surface area contributed by atoms with Crippen LogP contribution >= 0.6 is 0 Å². The number of anilines is 2. The fraction of sp³-hybridized carbons (Fsp3) is 0.450. The van der Waals surface area contributed by atoms with Crippen molar-refractivity contribution in [1.29, 1.82) is 0 Å². The Morgan fingerprint density at radius 3 is 2.70 bits per heavy atom.